The number of thiocarbonyl (C=S) groups is 1. The van der Waals surface area contributed by atoms with Crippen LogP contribution in [0.5, 0.6) is 11.5 Å². The van der Waals surface area contributed by atoms with Crippen molar-refractivity contribution in [3.63, 3.8) is 0 Å². The summed E-state index contributed by atoms with van der Waals surface area (Å²) in [6, 6.07) is 14.1. The van der Waals surface area contributed by atoms with E-state index < -0.39 is 5.91 Å². The first-order chi connectivity index (χ1) is 14.4. The molecule has 0 atom stereocenters. The fourth-order valence-corrected chi connectivity index (χ4v) is 3.15. The third kappa shape index (κ3) is 4.79. The van der Waals surface area contributed by atoms with Gasteiger partial charge in [0.1, 0.15) is 29.6 Å². The van der Waals surface area contributed by atoms with Crippen LogP contribution < -0.4 is 20.1 Å². The van der Waals surface area contributed by atoms with Gasteiger partial charge in [-0.2, -0.15) is 0 Å². The van der Waals surface area contributed by atoms with Crippen LogP contribution in [0.2, 0.25) is 0 Å². The number of benzene rings is 2. The second kappa shape index (κ2) is 9.43. The van der Waals surface area contributed by atoms with E-state index in [4.69, 9.17) is 31.2 Å². The number of carbonyl (C=O) groups excluding carboxylic acids is 1. The van der Waals surface area contributed by atoms with Crippen LogP contribution in [-0.4, -0.2) is 30.3 Å². The van der Waals surface area contributed by atoms with E-state index in [-0.39, 0.29) is 11.7 Å². The first kappa shape index (κ1) is 21.4. The maximum Gasteiger partial charge on any atom is 0.261 e. The third-order valence-corrected chi connectivity index (χ3v) is 4.65. The van der Waals surface area contributed by atoms with Gasteiger partial charge in [-0.05, 0) is 67.2 Å². The molecule has 0 aliphatic carbocycles. The van der Waals surface area contributed by atoms with Crippen molar-refractivity contribution in [1.82, 2.24) is 5.32 Å². The van der Waals surface area contributed by atoms with Crippen molar-refractivity contribution >= 4 is 28.9 Å². The minimum Gasteiger partial charge on any atom is -0.497 e. The molecule has 1 amide bonds. The number of amides is 1. The van der Waals surface area contributed by atoms with E-state index in [1.165, 1.54) is 14.2 Å². The largest absolute Gasteiger partial charge is 0.497 e. The second-order valence-corrected chi connectivity index (χ2v) is 6.84. The normalized spacial score (nSPS) is 10.4. The van der Waals surface area contributed by atoms with Crippen LogP contribution in [0.15, 0.2) is 52.9 Å². The van der Waals surface area contributed by atoms with Gasteiger partial charge in [0.25, 0.3) is 5.91 Å². The number of carbonyl (C=O) groups is 1. The Labute approximate surface area is 179 Å². The number of furan rings is 1. The molecular formula is C22H22N2O5S. The van der Waals surface area contributed by atoms with Gasteiger partial charge >= 0.3 is 0 Å². The Morgan fingerprint density at radius 3 is 2.53 bits per heavy atom. The summed E-state index contributed by atoms with van der Waals surface area (Å²) in [7, 11) is 3.02. The predicted molar refractivity (Wildman–Crippen MR) is 118 cm³/mol. The van der Waals surface area contributed by atoms with Gasteiger partial charge in [0.05, 0.1) is 19.8 Å². The molecule has 156 valence electrons. The van der Waals surface area contributed by atoms with Gasteiger partial charge < -0.3 is 24.3 Å². The zero-order chi connectivity index (χ0) is 21.7. The number of rotatable bonds is 6. The van der Waals surface area contributed by atoms with E-state index in [0.29, 0.717) is 28.6 Å². The minimum absolute atomic E-state index is 0.147. The Bertz CT molecular complexity index is 1080. The monoisotopic (exact) mass is 426 g/mol. The second-order valence-electron chi connectivity index (χ2n) is 6.43. The van der Waals surface area contributed by atoms with Crippen LogP contribution >= 0.6 is 12.2 Å². The number of aryl methyl sites for hydroxylation is 1. The molecular weight excluding hydrogens is 404 g/mol. The molecule has 0 radical (unpaired) electrons. The van der Waals surface area contributed by atoms with Crippen LogP contribution in [0.4, 0.5) is 5.69 Å². The summed E-state index contributed by atoms with van der Waals surface area (Å²) in [5, 5.41) is 15.0. The van der Waals surface area contributed by atoms with Crippen molar-refractivity contribution in [3.8, 4) is 22.8 Å². The predicted octanol–water partition coefficient (Wildman–Crippen LogP) is 3.89. The van der Waals surface area contributed by atoms with Crippen molar-refractivity contribution in [2.24, 2.45) is 0 Å². The van der Waals surface area contributed by atoms with E-state index >= 15 is 0 Å². The highest BCUT2D eigenvalue weighted by Crippen LogP contribution is 2.28. The van der Waals surface area contributed by atoms with Gasteiger partial charge in [-0.3, -0.25) is 10.1 Å². The van der Waals surface area contributed by atoms with Crippen LogP contribution in [-0.2, 0) is 6.61 Å². The highest BCUT2D eigenvalue weighted by Gasteiger charge is 2.15. The Morgan fingerprint density at radius 2 is 1.90 bits per heavy atom. The molecule has 0 unspecified atom stereocenters. The molecule has 0 bridgehead atoms. The van der Waals surface area contributed by atoms with E-state index in [9.17, 15) is 4.79 Å². The molecule has 30 heavy (non-hydrogen) atoms. The van der Waals surface area contributed by atoms with Crippen LogP contribution in [0.3, 0.4) is 0 Å². The van der Waals surface area contributed by atoms with Crippen molar-refractivity contribution in [2.45, 2.75) is 13.5 Å². The summed E-state index contributed by atoms with van der Waals surface area (Å²) in [6.07, 6.45) is 0. The SMILES string of the molecule is COc1ccc(C(=O)NC(=S)Nc2ccc(-c3ccc(CO)o3)c(C)c2)c(OC)c1. The smallest absolute Gasteiger partial charge is 0.261 e. The average molecular weight is 426 g/mol. The zero-order valence-electron chi connectivity index (χ0n) is 16.8. The Morgan fingerprint density at radius 1 is 1.10 bits per heavy atom. The van der Waals surface area contributed by atoms with Crippen molar-refractivity contribution in [3.05, 3.63) is 65.4 Å². The lowest BCUT2D eigenvalue weighted by atomic mass is 10.1. The van der Waals surface area contributed by atoms with Crippen LogP contribution in [0, 0.1) is 6.92 Å². The van der Waals surface area contributed by atoms with Gasteiger partial charge in [0.2, 0.25) is 0 Å². The summed E-state index contributed by atoms with van der Waals surface area (Å²) in [5.74, 6) is 1.75. The molecule has 0 spiro atoms. The van der Waals surface area contributed by atoms with Gasteiger partial charge in [-0.25, -0.2) is 0 Å². The molecule has 0 fully saturated rings. The number of hydrogen-bond donors (Lipinski definition) is 3. The van der Waals surface area contributed by atoms with Gasteiger partial charge in [0.15, 0.2) is 5.11 Å². The highest BCUT2D eigenvalue weighted by molar-refractivity contribution is 7.80. The van der Waals surface area contributed by atoms with E-state index in [1.54, 1.807) is 24.3 Å². The molecule has 7 nitrogen and oxygen atoms in total. The third-order valence-electron chi connectivity index (χ3n) is 4.45. The maximum absolute atomic E-state index is 12.6. The molecule has 0 aliphatic rings. The summed E-state index contributed by atoms with van der Waals surface area (Å²) in [5.41, 5.74) is 2.91. The maximum atomic E-state index is 12.6. The quantitative estimate of drug-likeness (QED) is 0.515. The summed E-state index contributed by atoms with van der Waals surface area (Å²) < 4.78 is 16.0. The fraction of sp³-hybridized carbons (Fsp3) is 0.182. The molecule has 3 N–H and O–H groups in total. The minimum atomic E-state index is -0.396. The first-order valence-electron chi connectivity index (χ1n) is 9.10. The molecule has 1 heterocycles. The number of hydrogen-bond acceptors (Lipinski definition) is 6. The van der Waals surface area contributed by atoms with E-state index in [0.717, 1.165) is 16.8 Å². The van der Waals surface area contributed by atoms with Gasteiger partial charge in [-0.15, -0.1) is 0 Å². The van der Waals surface area contributed by atoms with Crippen molar-refractivity contribution in [1.29, 1.82) is 0 Å². The summed E-state index contributed by atoms with van der Waals surface area (Å²) in [6.45, 7) is 1.79. The van der Waals surface area contributed by atoms with Crippen molar-refractivity contribution < 1.29 is 23.8 Å². The lowest BCUT2D eigenvalue weighted by Gasteiger charge is -2.13. The Balaban J connectivity index is 1.69. The molecule has 1 aromatic heterocycles. The Kier molecular flexibility index (Phi) is 6.71. The van der Waals surface area contributed by atoms with E-state index in [1.807, 2.05) is 31.2 Å². The number of anilines is 1. The van der Waals surface area contributed by atoms with Gasteiger partial charge in [0, 0.05) is 17.3 Å². The lowest BCUT2D eigenvalue weighted by Crippen LogP contribution is -2.34. The Hall–Kier alpha value is -3.36. The van der Waals surface area contributed by atoms with Crippen LogP contribution in [0.1, 0.15) is 21.7 Å². The number of ether oxygens (including phenoxy) is 2. The standard InChI is InChI=1S/C22H22N2O5S/c1-13-10-14(4-7-17(13)19-9-6-16(12-25)29-19)23-22(30)24-21(26)18-8-5-15(27-2)11-20(18)28-3/h4-11,25H,12H2,1-3H3,(H2,23,24,26,30). The van der Waals surface area contributed by atoms with Crippen molar-refractivity contribution in [2.75, 3.05) is 19.5 Å². The number of aliphatic hydroxyl groups excluding tert-OH is 1. The van der Waals surface area contributed by atoms with Gasteiger partial charge in [-0.1, -0.05) is 0 Å². The lowest BCUT2D eigenvalue weighted by molar-refractivity contribution is 0.0974. The average Bonchev–Trinajstić information content (AvgIpc) is 3.22. The fourth-order valence-electron chi connectivity index (χ4n) is 2.94. The highest BCUT2D eigenvalue weighted by atomic mass is 32.1. The molecule has 0 saturated heterocycles. The van der Waals surface area contributed by atoms with Crippen LogP contribution in [0.25, 0.3) is 11.3 Å². The number of methoxy groups -OCH3 is 2. The zero-order valence-corrected chi connectivity index (χ0v) is 17.6. The number of nitrogens with one attached hydrogen (secondary N) is 2. The molecule has 3 rings (SSSR count). The van der Waals surface area contributed by atoms with E-state index in [2.05, 4.69) is 10.6 Å². The topological polar surface area (TPSA) is 93.0 Å². The molecule has 0 aliphatic heterocycles. The number of aliphatic hydroxyl groups is 1. The molecule has 3 aromatic rings. The molecule has 2 aromatic carbocycles. The molecule has 8 heteroatoms. The summed E-state index contributed by atoms with van der Waals surface area (Å²) >= 11 is 5.27. The summed E-state index contributed by atoms with van der Waals surface area (Å²) in [4.78, 5) is 12.6. The first-order valence-corrected chi connectivity index (χ1v) is 9.51. The molecule has 0 saturated carbocycles.